The van der Waals surface area contributed by atoms with Gasteiger partial charge in [0.25, 0.3) is 0 Å². The average Bonchev–Trinajstić information content (AvgIpc) is 2.54. The van der Waals surface area contributed by atoms with Crippen molar-refractivity contribution in [2.24, 2.45) is 0 Å². The molecule has 1 heterocycles. The number of aromatic nitrogens is 1. The molecule has 0 radical (unpaired) electrons. The molecule has 0 aliphatic rings. The zero-order valence-electron chi connectivity index (χ0n) is 7.33. The van der Waals surface area contributed by atoms with E-state index in [0.29, 0.717) is 5.75 Å². The van der Waals surface area contributed by atoms with E-state index in [9.17, 15) is 0 Å². The number of hydrogen-bond donors (Lipinski definition) is 2. The van der Waals surface area contributed by atoms with E-state index in [1.165, 1.54) is 0 Å². The van der Waals surface area contributed by atoms with Gasteiger partial charge in [0.2, 0.25) is 0 Å². The predicted octanol–water partition coefficient (Wildman–Crippen LogP) is 3.15. The van der Waals surface area contributed by atoms with Crippen LogP contribution in [0, 0.1) is 0 Å². The van der Waals surface area contributed by atoms with E-state index in [0.717, 1.165) is 10.9 Å². The molecule has 0 aliphatic carbocycles. The van der Waals surface area contributed by atoms with Crippen LogP contribution in [0.15, 0.2) is 30.5 Å². The molecule has 0 amide bonds. The van der Waals surface area contributed by atoms with Gasteiger partial charge in [-0.15, -0.1) is 0 Å². The Bertz CT molecular complexity index is 356. The molecule has 1 aromatic heterocycles. The summed E-state index contributed by atoms with van der Waals surface area (Å²) >= 11 is 0. The first-order valence-electron chi connectivity index (χ1n) is 4.12. The minimum absolute atomic E-state index is 0. The lowest BCUT2D eigenvalue weighted by Crippen LogP contribution is -1.65. The summed E-state index contributed by atoms with van der Waals surface area (Å²) in [4.78, 5) is 3.04. The summed E-state index contributed by atoms with van der Waals surface area (Å²) in [6.07, 6.45) is 1.85. The van der Waals surface area contributed by atoms with Crippen molar-refractivity contribution in [2.45, 2.75) is 13.8 Å². The molecule has 12 heavy (non-hydrogen) atoms. The summed E-state index contributed by atoms with van der Waals surface area (Å²) in [5, 5.41) is 10.1. The number of benzene rings is 1. The molecule has 1 aromatic carbocycles. The highest BCUT2D eigenvalue weighted by Crippen LogP contribution is 2.17. The van der Waals surface area contributed by atoms with E-state index in [1.54, 1.807) is 12.1 Å². The van der Waals surface area contributed by atoms with Gasteiger partial charge in [-0.25, -0.2) is 0 Å². The molecule has 0 fully saturated rings. The van der Waals surface area contributed by atoms with Gasteiger partial charge in [0, 0.05) is 18.5 Å². The first kappa shape index (κ1) is 8.65. The van der Waals surface area contributed by atoms with Crippen LogP contribution in [0.2, 0.25) is 0 Å². The molecule has 0 bridgehead atoms. The van der Waals surface area contributed by atoms with E-state index < -0.39 is 0 Å². The van der Waals surface area contributed by atoms with Crippen molar-refractivity contribution in [1.82, 2.24) is 4.98 Å². The standard InChI is InChI=1S/C8H7NO.C2H6.H2/c10-7-1-2-8-6(5-7)3-4-9-8;1-2;/h1-5,9-10H;1-2H3;1H. The summed E-state index contributed by atoms with van der Waals surface area (Å²) in [5.41, 5.74) is 1.05. The molecule has 2 nitrogen and oxygen atoms in total. The maximum atomic E-state index is 9.03. The number of rotatable bonds is 0. The Morgan fingerprint density at radius 2 is 2.00 bits per heavy atom. The third-order valence-electron chi connectivity index (χ3n) is 1.54. The number of hydrogen-bond acceptors (Lipinski definition) is 1. The van der Waals surface area contributed by atoms with Crippen LogP contribution in [0.3, 0.4) is 0 Å². The largest absolute Gasteiger partial charge is 0.508 e. The van der Waals surface area contributed by atoms with Gasteiger partial charge in [-0.05, 0) is 24.3 Å². The molecule has 0 saturated heterocycles. The Balaban J connectivity index is 0.000000451. The molecule has 2 heteroatoms. The fourth-order valence-corrected chi connectivity index (χ4v) is 1.04. The Kier molecular flexibility index (Phi) is 2.75. The highest BCUT2D eigenvalue weighted by atomic mass is 16.3. The highest BCUT2D eigenvalue weighted by molar-refractivity contribution is 5.80. The first-order valence-corrected chi connectivity index (χ1v) is 4.12. The quantitative estimate of drug-likeness (QED) is 0.618. The van der Waals surface area contributed by atoms with Gasteiger partial charge in [-0.2, -0.15) is 0 Å². The van der Waals surface area contributed by atoms with Crippen LogP contribution in [-0.2, 0) is 0 Å². The van der Waals surface area contributed by atoms with Crippen LogP contribution < -0.4 is 0 Å². The van der Waals surface area contributed by atoms with Crippen molar-refractivity contribution in [3.8, 4) is 5.75 Å². The molecule has 0 aliphatic heterocycles. The molecule has 0 saturated carbocycles. The number of fused-ring (bicyclic) bond motifs is 1. The number of aromatic hydroxyl groups is 1. The number of phenols is 1. The average molecular weight is 165 g/mol. The Labute approximate surface area is 73.3 Å². The molecule has 0 atom stereocenters. The predicted molar refractivity (Wildman–Crippen MR) is 53.4 cm³/mol. The fourth-order valence-electron chi connectivity index (χ4n) is 1.04. The lowest BCUT2D eigenvalue weighted by molar-refractivity contribution is 0.476. The van der Waals surface area contributed by atoms with Crippen molar-refractivity contribution >= 4 is 10.9 Å². The van der Waals surface area contributed by atoms with Crippen molar-refractivity contribution in [3.05, 3.63) is 30.5 Å². The normalized spacial score (nSPS) is 9.17. The monoisotopic (exact) mass is 165 g/mol. The van der Waals surface area contributed by atoms with Gasteiger partial charge >= 0.3 is 0 Å². The van der Waals surface area contributed by atoms with Crippen LogP contribution in [-0.4, -0.2) is 10.1 Å². The van der Waals surface area contributed by atoms with Crippen molar-refractivity contribution in [2.75, 3.05) is 0 Å². The Morgan fingerprint density at radius 3 is 2.75 bits per heavy atom. The molecule has 2 rings (SSSR count). The van der Waals surface area contributed by atoms with E-state index >= 15 is 0 Å². The zero-order chi connectivity index (χ0) is 8.97. The molecule has 2 N–H and O–H groups in total. The first-order chi connectivity index (χ1) is 5.86. The van der Waals surface area contributed by atoms with E-state index in [2.05, 4.69) is 4.98 Å². The molecule has 2 aromatic rings. The zero-order valence-corrected chi connectivity index (χ0v) is 7.33. The summed E-state index contributed by atoms with van der Waals surface area (Å²) in [6.45, 7) is 4.00. The maximum absolute atomic E-state index is 9.03. The number of aromatic amines is 1. The number of phenolic OH excluding ortho intramolecular Hbond substituents is 1. The Morgan fingerprint density at radius 1 is 1.25 bits per heavy atom. The van der Waals surface area contributed by atoms with Crippen LogP contribution >= 0.6 is 0 Å². The van der Waals surface area contributed by atoms with Crippen LogP contribution in [0.4, 0.5) is 0 Å². The van der Waals surface area contributed by atoms with E-state index in [1.807, 2.05) is 32.2 Å². The highest BCUT2D eigenvalue weighted by Gasteiger charge is 1.92. The van der Waals surface area contributed by atoms with Crippen molar-refractivity contribution in [3.63, 3.8) is 0 Å². The molecular weight excluding hydrogens is 150 g/mol. The minimum Gasteiger partial charge on any atom is -0.508 e. The van der Waals surface area contributed by atoms with E-state index in [-0.39, 0.29) is 1.43 Å². The van der Waals surface area contributed by atoms with Gasteiger partial charge in [0.05, 0.1) is 0 Å². The molecule has 0 unspecified atom stereocenters. The lowest BCUT2D eigenvalue weighted by Gasteiger charge is -1.89. The fraction of sp³-hybridized carbons (Fsp3) is 0.200. The second-order valence-corrected chi connectivity index (χ2v) is 2.25. The van der Waals surface area contributed by atoms with Gasteiger partial charge in [-0.1, -0.05) is 13.8 Å². The van der Waals surface area contributed by atoms with Crippen molar-refractivity contribution < 1.29 is 6.53 Å². The Hall–Kier alpha value is -1.44. The summed E-state index contributed by atoms with van der Waals surface area (Å²) in [5.74, 6) is 0.312. The van der Waals surface area contributed by atoms with Crippen molar-refractivity contribution in [1.29, 1.82) is 0 Å². The number of nitrogens with one attached hydrogen (secondary N) is 1. The summed E-state index contributed by atoms with van der Waals surface area (Å²) in [7, 11) is 0. The second-order valence-electron chi connectivity index (χ2n) is 2.25. The smallest absolute Gasteiger partial charge is 0.116 e. The van der Waals surface area contributed by atoms with Gasteiger partial charge in [-0.3, -0.25) is 0 Å². The minimum atomic E-state index is 0. The topological polar surface area (TPSA) is 36.0 Å². The van der Waals surface area contributed by atoms with Gasteiger partial charge in [0.1, 0.15) is 5.75 Å². The summed E-state index contributed by atoms with van der Waals surface area (Å²) < 4.78 is 0. The van der Waals surface area contributed by atoms with E-state index in [4.69, 9.17) is 5.11 Å². The maximum Gasteiger partial charge on any atom is 0.116 e. The molecular formula is C10H15NO. The molecule has 66 valence electrons. The van der Waals surface area contributed by atoms with Gasteiger partial charge in [0.15, 0.2) is 0 Å². The van der Waals surface area contributed by atoms with Crippen LogP contribution in [0.5, 0.6) is 5.75 Å². The van der Waals surface area contributed by atoms with Crippen LogP contribution in [0.25, 0.3) is 10.9 Å². The van der Waals surface area contributed by atoms with Crippen LogP contribution in [0.1, 0.15) is 15.3 Å². The SMILES string of the molecule is CC.Oc1ccc2[nH]ccc2c1.[HH]. The van der Waals surface area contributed by atoms with Gasteiger partial charge < -0.3 is 10.1 Å². The number of H-pyrrole nitrogens is 1. The molecule has 0 spiro atoms. The third kappa shape index (κ3) is 1.59. The summed E-state index contributed by atoms with van der Waals surface area (Å²) in [6, 6.07) is 7.17. The third-order valence-corrected chi connectivity index (χ3v) is 1.54. The second kappa shape index (κ2) is 3.81. The lowest BCUT2D eigenvalue weighted by atomic mass is 10.2.